The van der Waals surface area contributed by atoms with E-state index in [1.54, 1.807) is 25.6 Å². The molecule has 0 atom stereocenters. The predicted molar refractivity (Wildman–Crippen MR) is 108 cm³/mol. The Bertz CT molecular complexity index is 824. The molecular weight excluding hydrogens is 456 g/mol. The zero-order valence-corrected chi connectivity index (χ0v) is 17.2. The Morgan fingerprint density at radius 1 is 1.04 bits per heavy atom. The van der Waals surface area contributed by atoms with Crippen LogP contribution in [0.25, 0.3) is 11.3 Å². The number of thiazole rings is 1. The van der Waals surface area contributed by atoms with Crippen LogP contribution in [-0.4, -0.2) is 19.2 Å². The summed E-state index contributed by atoms with van der Waals surface area (Å²) in [5.74, 6) is 1.59. The van der Waals surface area contributed by atoms with Gasteiger partial charge in [0.1, 0.15) is 11.5 Å². The molecule has 126 valence electrons. The number of nitrogens with zero attached hydrogens (tertiary/aromatic N) is 1. The molecule has 0 fully saturated rings. The number of hydrogen-bond donors (Lipinski definition) is 1. The molecule has 4 nitrogen and oxygen atoms in total. The van der Waals surface area contributed by atoms with Crippen LogP contribution in [0.4, 0.5) is 10.8 Å². The number of hydrogen-bond acceptors (Lipinski definition) is 5. The largest absolute Gasteiger partial charge is 0.496 e. The van der Waals surface area contributed by atoms with Crippen molar-refractivity contribution >= 4 is 55.1 Å². The molecule has 1 N–H and O–H groups in total. The lowest BCUT2D eigenvalue weighted by Crippen LogP contribution is -1.93. The number of anilines is 2. The summed E-state index contributed by atoms with van der Waals surface area (Å²) in [6.45, 7) is 0. The highest BCUT2D eigenvalue weighted by molar-refractivity contribution is 9.10. The van der Waals surface area contributed by atoms with Crippen LogP contribution in [0.2, 0.25) is 0 Å². The van der Waals surface area contributed by atoms with Gasteiger partial charge in [-0.3, -0.25) is 0 Å². The summed E-state index contributed by atoms with van der Waals surface area (Å²) in [4.78, 5) is 4.64. The third-order valence-electron chi connectivity index (χ3n) is 3.30. The Morgan fingerprint density at radius 2 is 1.79 bits per heavy atom. The van der Waals surface area contributed by atoms with Gasteiger partial charge >= 0.3 is 0 Å². The molecule has 0 aliphatic rings. The summed E-state index contributed by atoms with van der Waals surface area (Å²) >= 11 is 5.05. The number of rotatable bonds is 5. The third kappa shape index (κ3) is 4.09. The number of methoxy groups -OCH3 is 2. The van der Waals surface area contributed by atoms with Gasteiger partial charge in [-0.2, -0.15) is 0 Å². The molecule has 0 amide bonds. The summed E-state index contributed by atoms with van der Waals surface area (Å²) in [6.07, 6.45) is 0. The molecule has 0 aliphatic carbocycles. The maximum Gasteiger partial charge on any atom is 0.187 e. The molecule has 0 saturated heterocycles. The number of aromatic nitrogens is 1. The minimum absolute atomic E-state index is 0. The van der Waals surface area contributed by atoms with Gasteiger partial charge in [0.2, 0.25) is 0 Å². The monoisotopic (exact) mass is 470 g/mol. The fraction of sp³-hybridized carbons (Fsp3) is 0.118. The zero-order valence-electron chi connectivity index (χ0n) is 13.1. The fourth-order valence-electron chi connectivity index (χ4n) is 2.15. The van der Waals surface area contributed by atoms with E-state index in [-0.39, 0.29) is 17.0 Å². The lowest BCUT2D eigenvalue weighted by Gasteiger charge is -2.08. The molecule has 3 aromatic rings. The second-order valence-electron chi connectivity index (χ2n) is 4.71. The summed E-state index contributed by atoms with van der Waals surface area (Å²) in [5.41, 5.74) is 2.84. The van der Waals surface area contributed by atoms with Crippen LogP contribution in [0, 0.1) is 0 Å². The average molecular weight is 472 g/mol. The molecule has 3 rings (SSSR count). The van der Waals surface area contributed by atoms with Crippen LogP contribution in [0.15, 0.2) is 52.3 Å². The lowest BCUT2D eigenvalue weighted by molar-refractivity contribution is 0.412. The summed E-state index contributed by atoms with van der Waals surface area (Å²) in [5, 5.41) is 6.13. The van der Waals surface area contributed by atoms with E-state index in [4.69, 9.17) is 9.47 Å². The van der Waals surface area contributed by atoms with Crippen LogP contribution >= 0.6 is 44.2 Å². The summed E-state index contributed by atoms with van der Waals surface area (Å²) in [7, 11) is 3.31. The lowest BCUT2D eigenvalue weighted by atomic mass is 10.2. The Kier molecular flexibility index (Phi) is 6.65. The van der Waals surface area contributed by atoms with Crippen molar-refractivity contribution in [2.45, 2.75) is 0 Å². The van der Waals surface area contributed by atoms with E-state index in [1.165, 1.54) is 0 Å². The quantitative estimate of drug-likeness (QED) is 0.502. The summed E-state index contributed by atoms with van der Waals surface area (Å²) in [6, 6.07) is 13.7. The van der Waals surface area contributed by atoms with E-state index in [0.717, 1.165) is 38.0 Å². The van der Waals surface area contributed by atoms with Crippen molar-refractivity contribution in [3.63, 3.8) is 0 Å². The van der Waals surface area contributed by atoms with E-state index >= 15 is 0 Å². The highest BCUT2D eigenvalue weighted by atomic mass is 79.9. The van der Waals surface area contributed by atoms with Gasteiger partial charge in [-0.15, -0.1) is 28.3 Å². The van der Waals surface area contributed by atoms with Crippen molar-refractivity contribution in [2.24, 2.45) is 0 Å². The van der Waals surface area contributed by atoms with E-state index in [9.17, 15) is 0 Å². The van der Waals surface area contributed by atoms with Crippen molar-refractivity contribution in [3.05, 3.63) is 52.3 Å². The Balaban J connectivity index is 0.00000208. The number of halogens is 2. The van der Waals surface area contributed by atoms with Crippen molar-refractivity contribution < 1.29 is 9.47 Å². The number of benzene rings is 2. The minimum Gasteiger partial charge on any atom is -0.496 e. The van der Waals surface area contributed by atoms with Crippen LogP contribution in [-0.2, 0) is 0 Å². The number of nitrogens with one attached hydrogen (secondary N) is 1. The molecule has 0 aliphatic heterocycles. The molecule has 7 heteroatoms. The molecule has 24 heavy (non-hydrogen) atoms. The molecule has 0 radical (unpaired) electrons. The van der Waals surface area contributed by atoms with Gasteiger partial charge in [0.05, 0.1) is 30.1 Å². The second-order valence-corrected chi connectivity index (χ2v) is 6.42. The van der Waals surface area contributed by atoms with Gasteiger partial charge in [0, 0.05) is 10.9 Å². The van der Waals surface area contributed by atoms with E-state index < -0.39 is 0 Å². The van der Waals surface area contributed by atoms with Crippen LogP contribution in [0.5, 0.6) is 11.5 Å². The normalized spacial score (nSPS) is 9.96. The molecular formula is C17H16Br2N2O2S. The van der Waals surface area contributed by atoms with Crippen molar-refractivity contribution in [1.82, 2.24) is 4.98 Å². The van der Waals surface area contributed by atoms with Gasteiger partial charge in [0.25, 0.3) is 0 Å². The molecule has 1 aromatic heterocycles. The van der Waals surface area contributed by atoms with E-state index in [1.807, 2.05) is 47.8 Å². The fourth-order valence-corrected chi connectivity index (χ4v) is 3.43. The van der Waals surface area contributed by atoms with Crippen molar-refractivity contribution in [2.75, 3.05) is 19.5 Å². The number of ether oxygens (including phenoxy) is 2. The van der Waals surface area contributed by atoms with Gasteiger partial charge < -0.3 is 14.8 Å². The first kappa shape index (κ1) is 18.8. The first-order valence-corrected chi connectivity index (χ1v) is 8.58. The van der Waals surface area contributed by atoms with Gasteiger partial charge in [-0.25, -0.2) is 4.98 Å². The average Bonchev–Trinajstić information content (AvgIpc) is 3.04. The Labute approximate surface area is 163 Å². The third-order valence-corrected chi connectivity index (χ3v) is 4.68. The minimum atomic E-state index is 0. The maximum atomic E-state index is 5.34. The SMILES string of the molecule is Br.COc1ccc(-c2csc(Nc3ccccc3OC)n2)cc1Br. The second kappa shape index (κ2) is 8.50. The van der Waals surface area contributed by atoms with Crippen LogP contribution in [0.1, 0.15) is 0 Å². The first-order chi connectivity index (χ1) is 11.2. The Morgan fingerprint density at radius 3 is 2.50 bits per heavy atom. The maximum absolute atomic E-state index is 5.34. The standard InChI is InChI=1S/C17H15BrN2O2S.BrH/c1-21-15-8-7-11(9-12(15)18)14-10-23-17(20-14)19-13-5-3-4-6-16(13)22-2;/h3-10H,1-2H3,(H,19,20);1H. The van der Waals surface area contributed by atoms with Crippen LogP contribution in [0.3, 0.4) is 0 Å². The van der Waals surface area contributed by atoms with Crippen molar-refractivity contribution in [3.8, 4) is 22.8 Å². The van der Waals surface area contributed by atoms with E-state index in [2.05, 4.69) is 26.2 Å². The molecule has 1 heterocycles. The predicted octanol–water partition coefficient (Wildman–Crippen LogP) is 5.91. The van der Waals surface area contributed by atoms with Crippen LogP contribution < -0.4 is 14.8 Å². The molecule has 0 spiro atoms. The highest BCUT2D eigenvalue weighted by Gasteiger charge is 2.09. The Hall–Kier alpha value is -1.57. The molecule has 0 unspecified atom stereocenters. The number of para-hydroxylation sites is 2. The zero-order chi connectivity index (χ0) is 16.2. The smallest absolute Gasteiger partial charge is 0.187 e. The van der Waals surface area contributed by atoms with Gasteiger partial charge in [0.15, 0.2) is 5.13 Å². The van der Waals surface area contributed by atoms with Crippen molar-refractivity contribution in [1.29, 1.82) is 0 Å². The molecule has 0 saturated carbocycles. The summed E-state index contributed by atoms with van der Waals surface area (Å²) < 4.78 is 11.5. The van der Waals surface area contributed by atoms with Gasteiger partial charge in [-0.1, -0.05) is 12.1 Å². The van der Waals surface area contributed by atoms with Gasteiger partial charge in [-0.05, 0) is 46.3 Å². The highest BCUT2D eigenvalue weighted by Crippen LogP contribution is 2.34. The first-order valence-electron chi connectivity index (χ1n) is 6.90. The molecule has 2 aromatic carbocycles. The topological polar surface area (TPSA) is 43.4 Å². The molecule has 0 bridgehead atoms. The van der Waals surface area contributed by atoms with E-state index in [0.29, 0.717) is 0 Å².